The summed E-state index contributed by atoms with van der Waals surface area (Å²) in [7, 11) is 0. The number of nitrogens with one attached hydrogen (secondary N) is 1. The summed E-state index contributed by atoms with van der Waals surface area (Å²) in [4.78, 5) is 9.68. The van der Waals surface area contributed by atoms with E-state index in [1.807, 2.05) is 6.92 Å². The highest BCUT2D eigenvalue weighted by molar-refractivity contribution is 5.49. The van der Waals surface area contributed by atoms with Crippen molar-refractivity contribution in [2.75, 3.05) is 29.9 Å². The Labute approximate surface area is 103 Å². The minimum atomic E-state index is -4.12. The fourth-order valence-electron chi connectivity index (χ4n) is 2.03. The van der Waals surface area contributed by atoms with E-state index in [0.717, 1.165) is 0 Å². The molecule has 0 saturated carbocycles. The Morgan fingerprint density at radius 2 is 2.22 bits per heavy atom. The summed E-state index contributed by atoms with van der Waals surface area (Å²) in [6, 6.07) is 1.68. The van der Waals surface area contributed by atoms with Gasteiger partial charge in [-0.05, 0) is 13.3 Å². The van der Waals surface area contributed by atoms with Crippen LogP contribution in [0, 0.1) is 5.92 Å². The number of nitrogens with zero attached hydrogens (tertiary/aromatic N) is 3. The van der Waals surface area contributed by atoms with Crippen LogP contribution in [-0.4, -0.2) is 35.8 Å². The van der Waals surface area contributed by atoms with Crippen LogP contribution < -0.4 is 10.2 Å². The summed E-state index contributed by atoms with van der Waals surface area (Å²) in [6.45, 7) is 3.00. The zero-order chi connectivity index (χ0) is 13.2. The van der Waals surface area contributed by atoms with Gasteiger partial charge in [0.05, 0.1) is 5.92 Å². The standard InChI is InChI=1S/C11H15F3N4/c1-2-15-9-5-10(17-7-16-9)18-4-3-8(6-18)11(12,13)14/h5,7-8H,2-4,6H2,1H3,(H,15,16,17). The molecule has 7 heteroatoms. The van der Waals surface area contributed by atoms with Gasteiger partial charge in [-0.2, -0.15) is 13.2 Å². The van der Waals surface area contributed by atoms with Crippen molar-refractivity contribution >= 4 is 11.6 Å². The molecule has 0 spiro atoms. The maximum atomic E-state index is 12.6. The molecule has 1 fully saturated rings. The van der Waals surface area contributed by atoms with Crippen molar-refractivity contribution in [3.05, 3.63) is 12.4 Å². The first kappa shape index (κ1) is 12.9. The van der Waals surface area contributed by atoms with E-state index in [9.17, 15) is 13.2 Å². The predicted molar refractivity (Wildman–Crippen MR) is 62.6 cm³/mol. The summed E-state index contributed by atoms with van der Waals surface area (Å²) in [6.07, 6.45) is -2.62. The van der Waals surface area contributed by atoms with E-state index < -0.39 is 12.1 Å². The van der Waals surface area contributed by atoms with E-state index in [0.29, 0.717) is 24.7 Å². The first-order valence-corrected chi connectivity index (χ1v) is 5.88. The minimum Gasteiger partial charge on any atom is -0.370 e. The molecule has 1 aliphatic heterocycles. The largest absolute Gasteiger partial charge is 0.393 e. The van der Waals surface area contributed by atoms with Gasteiger partial charge in [0.2, 0.25) is 0 Å². The molecule has 0 bridgehead atoms. The highest BCUT2D eigenvalue weighted by atomic mass is 19.4. The summed E-state index contributed by atoms with van der Waals surface area (Å²) in [5.41, 5.74) is 0. The van der Waals surface area contributed by atoms with Crippen LogP contribution in [0.3, 0.4) is 0 Å². The van der Waals surface area contributed by atoms with Crippen LogP contribution in [0.25, 0.3) is 0 Å². The molecular weight excluding hydrogens is 245 g/mol. The highest BCUT2D eigenvalue weighted by Gasteiger charge is 2.43. The average molecular weight is 260 g/mol. The number of aromatic nitrogens is 2. The molecule has 0 aromatic carbocycles. The maximum Gasteiger partial charge on any atom is 0.393 e. The Hall–Kier alpha value is -1.53. The Morgan fingerprint density at radius 3 is 2.83 bits per heavy atom. The SMILES string of the molecule is CCNc1cc(N2CCC(C(F)(F)F)C2)ncn1. The number of hydrogen-bond donors (Lipinski definition) is 1. The number of hydrogen-bond acceptors (Lipinski definition) is 4. The predicted octanol–water partition coefficient (Wildman–Crippen LogP) is 2.30. The topological polar surface area (TPSA) is 41.0 Å². The zero-order valence-electron chi connectivity index (χ0n) is 10.0. The molecule has 1 aromatic heterocycles. The molecule has 0 aliphatic carbocycles. The lowest BCUT2D eigenvalue weighted by molar-refractivity contribution is -0.168. The fraction of sp³-hybridized carbons (Fsp3) is 0.636. The molecule has 1 saturated heterocycles. The second-order valence-electron chi connectivity index (χ2n) is 4.27. The molecule has 18 heavy (non-hydrogen) atoms. The Bertz CT molecular complexity index is 408. The molecule has 1 N–H and O–H groups in total. The fourth-order valence-corrected chi connectivity index (χ4v) is 2.03. The van der Waals surface area contributed by atoms with E-state index in [1.165, 1.54) is 6.33 Å². The lowest BCUT2D eigenvalue weighted by Crippen LogP contribution is -2.27. The van der Waals surface area contributed by atoms with Gasteiger partial charge in [-0.1, -0.05) is 0 Å². The van der Waals surface area contributed by atoms with Gasteiger partial charge in [-0.3, -0.25) is 0 Å². The second-order valence-corrected chi connectivity index (χ2v) is 4.27. The third-order valence-electron chi connectivity index (χ3n) is 2.99. The van der Waals surface area contributed by atoms with Crippen molar-refractivity contribution in [1.82, 2.24) is 9.97 Å². The van der Waals surface area contributed by atoms with Crippen molar-refractivity contribution in [3.8, 4) is 0 Å². The molecular formula is C11H15F3N4. The van der Waals surface area contributed by atoms with Crippen LogP contribution in [0.1, 0.15) is 13.3 Å². The molecule has 0 radical (unpaired) electrons. The van der Waals surface area contributed by atoms with E-state index in [2.05, 4.69) is 15.3 Å². The summed E-state index contributed by atoms with van der Waals surface area (Å²) >= 11 is 0. The third kappa shape index (κ3) is 2.83. The van der Waals surface area contributed by atoms with Gasteiger partial charge in [-0.15, -0.1) is 0 Å². The summed E-state index contributed by atoms with van der Waals surface area (Å²) < 4.78 is 37.7. The van der Waals surface area contributed by atoms with Crippen LogP contribution in [0.15, 0.2) is 12.4 Å². The smallest absolute Gasteiger partial charge is 0.370 e. The van der Waals surface area contributed by atoms with Crippen LogP contribution in [0.5, 0.6) is 0 Å². The molecule has 2 rings (SSSR count). The van der Waals surface area contributed by atoms with Crippen molar-refractivity contribution in [3.63, 3.8) is 0 Å². The molecule has 1 unspecified atom stereocenters. The quantitative estimate of drug-likeness (QED) is 0.905. The van der Waals surface area contributed by atoms with E-state index in [4.69, 9.17) is 0 Å². The van der Waals surface area contributed by atoms with Gasteiger partial charge < -0.3 is 10.2 Å². The summed E-state index contributed by atoms with van der Waals surface area (Å²) in [5, 5.41) is 3.01. The molecule has 2 heterocycles. The van der Waals surface area contributed by atoms with Gasteiger partial charge in [0.1, 0.15) is 18.0 Å². The normalized spacial score (nSPS) is 20.2. The number of rotatable bonds is 3. The second kappa shape index (κ2) is 4.99. The molecule has 0 amide bonds. The molecule has 100 valence electrons. The minimum absolute atomic E-state index is 0.0217. The number of halogens is 3. The van der Waals surface area contributed by atoms with Gasteiger partial charge in [0.15, 0.2) is 0 Å². The summed E-state index contributed by atoms with van der Waals surface area (Å²) in [5.74, 6) is -0.0688. The van der Waals surface area contributed by atoms with Gasteiger partial charge in [-0.25, -0.2) is 9.97 Å². The zero-order valence-corrected chi connectivity index (χ0v) is 10.0. The highest BCUT2D eigenvalue weighted by Crippen LogP contribution is 2.35. The molecule has 1 aromatic rings. The van der Waals surface area contributed by atoms with Gasteiger partial charge in [0.25, 0.3) is 0 Å². The van der Waals surface area contributed by atoms with Crippen molar-refractivity contribution in [1.29, 1.82) is 0 Å². The van der Waals surface area contributed by atoms with Crippen molar-refractivity contribution in [2.45, 2.75) is 19.5 Å². The monoisotopic (exact) mass is 260 g/mol. The Kier molecular flexibility index (Phi) is 3.58. The Balaban J connectivity index is 2.07. The van der Waals surface area contributed by atoms with Crippen LogP contribution in [0.4, 0.5) is 24.8 Å². The molecule has 4 nitrogen and oxygen atoms in total. The lowest BCUT2D eigenvalue weighted by Gasteiger charge is -2.19. The third-order valence-corrected chi connectivity index (χ3v) is 2.99. The van der Waals surface area contributed by atoms with Crippen molar-refractivity contribution < 1.29 is 13.2 Å². The lowest BCUT2D eigenvalue weighted by atomic mass is 10.1. The molecule has 1 atom stereocenters. The number of anilines is 2. The molecule has 1 aliphatic rings. The van der Waals surface area contributed by atoms with E-state index >= 15 is 0 Å². The van der Waals surface area contributed by atoms with Gasteiger partial charge in [0, 0.05) is 25.7 Å². The number of alkyl halides is 3. The van der Waals surface area contributed by atoms with Crippen molar-refractivity contribution in [2.24, 2.45) is 5.92 Å². The van der Waals surface area contributed by atoms with Crippen LogP contribution in [0.2, 0.25) is 0 Å². The average Bonchev–Trinajstić information content (AvgIpc) is 2.78. The maximum absolute atomic E-state index is 12.6. The van der Waals surface area contributed by atoms with E-state index in [-0.39, 0.29) is 13.0 Å². The van der Waals surface area contributed by atoms with Crippen LogP contribution in [-0.2, 0) is 0 Å². The van der Waals surface area contributed by atoms with Crippen LogP contribution >= 0.6 is 0 Å². The van der Waals surface area contributed by atoms with Gasteiger partial charge >= 0.3 is 6.18 Å². The first-order valence-electron chi connectivity index (χ1n) is 5.88. The Morgan fingerprint density at radius 1 is 1.44 bits per heavy atom. The van der Waals surface area contributed by atoms with E-state index in [1.54, 1.807) is 11.0 Å². The first-order chi connectivity index (χ1) is 8.50.